The Morgan fingerprint density at radius 3 is 2.00 bits per heavy atom. The number of hydrogen-bond acceptors (Lipinski definition) is 3. The Kier molecular flexibility index (Phi) is 7.20. The summed E-state index contributed by atoms with van der Waals surface area (Å²) in [4.78, 5) is 4.94. The second-order valence-corrected chi connectivity index (χ2v) is 15.3. The lowest BCUT2D eigenvalue weighted by atomic mass is 9.69. The normalized spacial score (nSPS) is 13.4. The third-order valence-corrected chi connectivity index (χ3v) is 11.7. The van der Waals surface area contributed by atoms with Crippen molar-refractivity contribution in [1.82, 2.24) is 0 Å². The van der Waals surface area contributed by atoms with Gasteiger partial charge in [-0.2, -0.15) is 0 Å². The van der Waals surface area contributed by atoms with Crippen LogP contribution in [0.1, 0.15) is 25.0 Å². The van der Waals surface area contributed by atoms with Gasteiger partial charge in [0.2, 0.25) is 0 Å². The number of fused-ring (bicyclic) bond motifs is 6. The summed E-state index contributed by atoms with van der Waals surface area (Å²) in [6.45, 7) is 4.80. The van der Waals surface area contributed by atoms with Crippen LogP contribution in [0.5, 0.6) is 11.5 Å². The van der Waals surface area contributed by atoms with Crippen molar-refractivity contribution in [2.75, 3.05) is 9.80 Å². The molecule has 0 saturated heterocycles. The van der Waals surface area contributed by atoms with Gasteiger partial charge in [-0.3, -0.25) is 0 Å². The second kappa shape index (κ2) is 12.5. The number of rotatable bonds is 5. The Bertz CT molecular complexity index is 3000. The maximum Gasteiger partial charge on any atom is 0.152 e. The van der Waals surface area contributed by atoms with Crippen molar-refractivity contribution in [1.29, 1.82) is 0 Å². The Hall–Kier alpha value is -7.10. The smallest absolute Gasteiger partial charge is 0.152 e. The molecule has 0 fully saturated rings. The lowest BCUT2D eigenvalue weighted by molar-refractivity contribution is 0.471. The van der Waals surface area contributed by atoms with E-state index in [2.05, 4.69) is 218 Å². The van der Waals surface area contributed by atoms with Crippen molar-refractivity contribution in [2.45, 2.75) is 19.3 Å². The summed E-state index contributed by atoms with van der Waals surface area (Å²) in [6, 6.07) is 70.2. The Morgan fingerprint density at radius 1 is 0.446 bits per heavy atom. The lowest BCUT2D eigenvalue weighted by Gasteiger charge is -2.47. The van der Waals surface area contributed by atoms with Crippen LogP contribution in [0.25, 0.3) is 43.8 Å². The molecule has 0 amide bonds. The molecule has 2 aliphatic heterocycles. The summed E-state index contributed by atoms with van der Waals surface area (Å²) in [5.41, 5.74) is 13.4. The van der Waals surface area contributed by atoms with Gasteiger partial charge in [0.15, 0.2) is 11.5 Å². The van der Waals surface area contributed by atoms with E-state index in [9.17, 15) is 0 Å². The minimum Gasteiger partial charge on any atom is -0.453 e. The Morgan fingerprint density at radius 2 is 1.11 bits per heavy atom. The van der Waals surface area contributed by atoms with Crippen LogP contribution >= 0.6 is 0 Å². The molecule has 9 aromatic rings. The molecule has 11 rings (SSSR count). The molecule has 3 nitrogen and oxygen atoms in total. The number of hydrogen-bond donors (Lipinski definition) is 0. The third kappa shape index (κ3) is 4.84. The van der Waals surface area contributed by atoms with Crippen LogP contribution in [-0.2, 0) is 5.41 Å². The standard InChI is InChI=1S/C53H38N2O/c1-53(2)50-43(42-24-14-21-36-19-8-9-22-40(36)42)25-15-28-46(50)55-45-27-12-13-29-48(45)56-49-33-32-47(51(53)52(49)55)54(39-31-30-35-16-6-7-20-38(35)34-39)44-26-11-10-23-41(44)37-17-4-3-5-18-37/h3-34H,1-2H3. The maximum atomic E-state index is 6.84. The van der Waals surface area contributed by atoms with E-state index in [1.807, 2.05) is 0 Å². The van der Waals surface area contributed by atoms with E-state index < -0.39 is 5.41 Å². The molecule has 9 aromatic carbocycles. The van der Waals surface area contributed by atoms with Gasteiger partial charge in [-0.05, 0) is 92.3 Å². The molecule has 0 spiro atoms. The molecule has 0 radical (unpaired) electrons. The van der Waals surface area contributed by atoms with E-state index >= 15 is 0 Å². The summed E-state index contributed by atoms with van der Waals surface area (Å²) >= 11 is 0. The van der Waals surface area contributed by atoms with Crippen molar-refractivity contribution in [3.05, 3.63) is 205 Å². The summed E-state index contributed by atoms with van der Waals surface area (Å²) < 4.78 is 6.84. The number of benzene rings is 9. The van der Waals surface area contributed by atoms with Gasteiger partial charge in [0, 0.05) is 22.2 Å². The van der Waals surface area contributed by atoms with Crippen molar-refractivity contribution in [3.8, 4) is 33.8 Å². The summed E-state index contributed by atoms with van der Waals surface area (Å²) in [6.07, 6.45) is 0. The molecule has 0 aliphatic carbocycles. The molecule has 2 heterocycles. The summed E-state index contributed by atoms with van der Waals surface area (Å²) in [7, 11) is 0. The number of para-hydroxylation sites is 3. The molecule has 0 aromatic heterocycles. The van der Waals surface area contributed by atoms with Crippen LogP contribution in [0, 0.1) is 0 Å². The Balaban J connectivity index is 1.25. The molecular weight excluding hydrogens is 681 g/mol. The first-order valence-electron chi connectivity index (χ1n) is 19.4. The van der Waals surface area contributed by atoms with Gasteiger partial charge in [-0.1, -0.05) is 159 Å². The highest BCUT2D eigenvalue weighted by Gasteiger charge is 2.45. The quantitative estimate of drug-likeness (QED) is 0.176. The van der Waals surface area contributed by atoms with E-state index in [4.69, 9.17) is 4.74 Å². The fraction of sp³-hybridized carbons (Fsp3) is 0.0566. The zero-order chi connectivity index (χ0) is 37.4. The van der Waals surface area contributed by atoms with E-state index in [1.165, 1.54) is 55.0 Å². The van der Waals surface area contributed by atoms with Gasteiger partial charge < -0.3 is 14.5 Å². The zero-order valence-electron chi connectivity index (χ0n) is 31.3. The third-order valence-electron chi connectivity index (χ3n) is 11.7. The highest BCUT2D eigenvalue weighted by atomic mass is 16.5. The first kappa shape index (κ1) is 32.3. The van der Waals surface area contributed by atoms with E-state index in [0.29, 0.717) is 0 Å². The van der Waals surface area contributed by atoms with E-state index in [-0.39, 0.29) is 0 Å². The molecule has 0 bridgehead atoms. The first-order valence-corrected chi connectivity index (χ1v) is 19.4. The minimum atomic E-state index is -0.480. The minimum absolute atomic E-state index is 0.480. The predicted molar refractivity (Wildman–Crippen MR) is 234 cm³/mol. The van der Waals surface area contributed by atoms with Crippen LogP contribution in [0.3, 0.4) is 0 Å². The SMILES string of the molecule is CC1(C)c2c(-c3cccc4ccccc34)cccc2N2c3ccccc3Oc3ccc(N(c4ccc5ccccc5c4)c4ccccc4-c4ccccc4)c1c32. The molecule has 0 saturated carbocycles. The van der Waals surface area contributed by atoms with Crippen molar-refractivity contribution in [3.63, 3.8) is 0 Å². The van der Waals surface area contributed by atoms with E-state index in [1.54, 1.807) is 0 Å². The topological polar surface area (TPSA) is 15.7 Å². The predicted octanol–water partition coefficient (Wildman–Crippen LogP) is 15.0. The van der Waals surface area contributed by atoms with Gasteiger partial charge in [0.05, 0.1) is 28.4 Å². The lowest BCUT2D eigenvalue weighted by Crippen LogP contribution is -2.34. The molecule has 0 N–H and O–H groups in total. The average Bonchev–Trinajstić information content (AvgIpc) is 3.25. The zero-order valence-corrected chi connectivity index (χ0v) is 31.3. The van der Waals surface area contributed by atoms with Crippen molar-refractivity contribution < 1.29 is 4.74 Å². The fourth-order valence-electron chi connectivity index (χ4n) is 9.33. The monoisotopic (exact) mass is 718 g/mol. The second-order valence-electron chi connectivity index (χ2n) is 15.3. The first-order chi connectivity index (χ1) is 27.6. The van der Waals surface area contributed by atoms with Crippen LogP contribution in [0.15, 0.2) is 194 Å². The van der Waals surface area contributed by atoms with Gasteiger partial charge in [0.1, 0.15) is 0 Å². The molecule has 56 heavy (non-hydrogen) atoms. The van der Waals surface area contributed by atoms with Gasteiger partial charge in [-0.15, -0.1) is 0 Å². The van der Waals surface area contributed by atoms with E-state index in [0.717, 1.165) is 45.5 Å². The maximum absolute atomic E-state index is 6.84. The van der Waals surface area contributed by atoms with Gasteiger partial charge >= 0.3 is 0 Å². The molecule has 0 atom stereocenters. The average molecular weight is 719 g/mol. The summed E-state index contributed by atoms with van der Waals surface area (Å²) in [5, 5.41) is 4.89. The molecule has 3 heteroatoms. The number of nitrogens with zero attached hydrogens (tertiary/aromatic N) is 2. The van der Waals surface area contributed by atoms with Crippen LogP contribution < -0.4 is 14.5 Å². The molecule has 0 unspecified atom stereocenters. The number of ether oxygens (including phenoxy) is 1. The molecule has 266 valence electrons. The van der Waals surface area contributed by atoms with Crippen LogP contribution in [0.2, 0.25) is 0 Å². The highest BCUT2D eigenvalue weighted by Crippen LogP contribution is 2.64. The fourth-order valence-corrected chi connectivity index (χ4v) is 9.33. The van der Waals surface area contributed by atoms with Crippen molar-refractivity contribution >= 4 is 55.7 Å². The number of anilines is 6. The molecule has 2 aliphatic rings. The van der Waals surface area contributed by atoms with Crippen LogP contribution in [-0.4, -0.2) is 0 Å². The van der Waals surface area contributed by atoms with Gasteiger partial charge in [0.25, 0.3) is 0 Å². The summed E-state index contributed by atoms with van der Waals surface area (Å²) in [5.74, 6) is 1.70. The highest BCUT2D eigenvalue weighted by molar-refractivity contribution is 6.04. The largest absolute Gasteiger partial charge is 0.453 e. The van der Waals surface area contributed by atoms with Crippen molar-refractivity contribution in [2.24, 2.45) is 0 Å². The molecular formula is C53H38N2O. The van der Waals surface area contributed by atoms with Gasteiger partial charge in [-0.25, -0.2) is 0 Å². The van der Waals surface area contributed by atoms with Crippen LogP contribution in [0.4, 0.5) is 34.1 Å². The Labute approximate surface area is 327 Å².